The number of benzene rings is 1. The Morgan fingerprint density at radius 3 is 2.69 bits per heavy atom. The summed E-state index contributed by atoms with van der Waals surface area (Å²) in [4.78, 5) is 2.25. The Labute approximate surface area is 96.6 Å². The SMILES string of the molecule is OC1CN(CCCOCc2ccccc2)C1. The first-order valence-electron chi connectivity index (χ1n) is 5.86. The second kappa shape index (κ2) is 5.99. The maximum absolute atomic E-state index is 9.10. The minimum Gasteiger partial charge on any atom is -0.390 e. The summed E-state index contributed by atoms with van der Waals surface area (Å²) < 4.78 is 5.58. The van der Waals surface area contributed by atoms with Crippen molar-refractivity contribution in [3.05, 3.63) is 35.9 Å². The average molecular weight is 221 g/mol. The van der Waals surface area contributed by atoms with Gasteiger partial charge in [0.2, 0.25) is 0 Å². The highest BCUT2D eigenvalue weighted by Gasteiger charge is 2.22. The van der Waals surface area contributed by atoms with E-state index in [1.807, 2.05) is 18.2 Å². The van der Waals surface area contributed by atoms with Gasteiger partial charge < -0.3 is 9.84 Å². The first kappa shape index (κ1) is 11.6. The van der Waals surface area contributed by atoms with Gasteiger partial charge in [-0.3, -0.25) is 4.90 Å². The third kappa shape index (κ3) is 3.59. The zero-order valence-electron chi connectivity index (χ0n) is 9.51. The van der Waals surface area contributed by atoms with Crippen LogP contribution < -0.4 is 0 Å². The number of likely N-dealkylation sites (tertiary alicyclic amines) is 1. The van der Waals surface area contributed by atoms with Gasteiger partial charge >= 0.3 is 0 Å². The number of aliphatic hydroxyl groups is 1. The standard InChI is InChI=1S/C13H19NO2/c15-13-9-14(10-13)7-4-8-16-11-12-5-2-1-3-6-12/h1-3,5-6,13,15H,4,7-11H2. The lowest BCUT2D eigenvalue weighted by molar-refractivity contribution is -0.00379. The van der Waals surface area contributed by atoms with Gasteiger partial charge in [0.1, 0.15) is 0 Å². The van der Waals surface area contributed by atoms with Crippen molar-refractivity contribution in [3.8, 4) is 0 Å². The normalized spacial score (nSPS) is 17.3. The van der Waals surface area contributed by atoms with Gasteiger partial charge in [-0.05, 0) is 12.0 Å². The molecule has 0 unspecified atom stereocenters. The van der Waals surface area contributed by atoms with Crippen molar-refractivity contribution in [2.24, 2.45) is 0 Å². The summed E-state index contributed by atoms with van der Waals surface area (Å²) in [6.07, 6.45) is 0.949. The van der Waals surface area contributed by atoms with Crippen molar-refractivity contribution in [2.45, 2.75) is 19.1 Å². The van der Waals surface area contributed by atoms with Gasteiger partial charge in [-0.1, -0.05) is 30.3 Å². The maximum atomic E-state index is 9.10. The molecule has 0 aliphatic carbocycles. The van der Waals surface area contributed by atoms with Crippen molar-refractivity contribution in [2.75, 3.05) is 26.2 Å². The van der Waals surface area contributed by atoms with E-state index in [9.17, 15) is 0 Å². The molecular weight excluding hydrogens is 202 g/mol. The molecule has 1 fully saturated rings. The highest BCUT2D eigenvalue weighted by Crippen LogP contribution is 2.07. The lowest BCUT2D eigenvalue weighted by Gasteiger charge is -2.35. The van der Waals surface area contributed by atoms with Crippen molar-refractivity contribution in [1.82, 2.24) is 4.90 Å². The number of nitrogens with zero attached hydrogens (tertiary/aromatic N) is 1. The fraction of sp³-hybridized carbons (Fsp3) is 0.538. The minimum absolute atomic E-state index is 0.0924. The maximum Gasteiger partial charge on any atom is 0.0793 e. The summed E-state index contributed by atoms with van der Waals surface area (Å²) in [5.41, 5.74) is 1.22. The average Bonchev–Trinajstić information content (AvgIpc) is 2.27. The Bertz CT molecular complexity index is 296. The van der Waals surface area contributed by atoms with Crippen molar-refractivity contribution in [1.29, 1.82) is 0 Å². The Kier molecular flexibility index (Phi) is 4.34. The van der Waals surface area contributed by atoms with E-state index < -0.39 is 0 Å². The molecule has 1 saturated heterocycles. The molecule has 1 aromatic carbocycles. The van der Waals surface area contributed by atoms with Gasteiger partial charge in [0.25, 0.3) is 0 Å². The first-order chi connectivity index (χ1) is 7.84. The van der Waals surface area contributed by atoms with E-state index in [4.69, 9.17) is 9.84 Å². The fourth-order valence-electron chi connectivity index (χ4n) is 1.88. The Balaban J connectivity index is 1.49. The topological polar surface area (TPSA) is 32.7 Å². The summed E-state index contributed by atoms with van der Waals surface area (Å²) in [5, 5.41) is 9.10. The van der Waals surface area contributed by atoms with Crippen molar-refractivity contribution in [3.63, 3.8) is 0 Å². The summed E-state index contributed by atoms with van der Waals surface area (Å²) in [6, 6.07) is 10.2. The van der Waals surface area contributed by atoms with E-state index in [1.165, 1.54) is 5.56 Å². The molecule has 16 heavy (non-hydrogen) atoms. The third-order valence-corrected chi connectivity index (χ3v) is 2.81. The monoisotopic (exact) mass is 221 g/mol. The predicted molar refractivity (Wildman–Crippen MR) is 63.2 cm³/mol. The van der Waals surface area contributed by atoms with E-state index in [1.54, 1.807) is 0 Å². The smallest absolute Gasteiger partial charge is 0.0793 e. The molecule has 0 atom stereocenters. The van der Waals surface area contributed by atoms with Gasteiger partial charge in [-0.15, -0.1) is 0 Å². The van der Waals surface area contributed by atoms with Crippen LogP contribution in [0.3, 0.4) is 0 Å². The molecule has 1 aliphatic heterocycles. The molecule has 1 aromatic rings. The van der Waals surface area contributed by atoms with Crippen molar-refractivity contribution < 1.29 is 9.84 Å². The molecule has 1 N–H and O–H groups in total. The van der Waals surface area contributed by atoms with Crippen LogP contribution in [0.5, 0.6) is 0 Å². The van der Waals surface area contributed by atoms with Crippen LogP contribution in [0.4, 0.5) is 0 Å². The summed E-state index contributed by atoms with van der Waals surface area (Å²) in [7, 11) is 0. The summed E-state index contributed by atoms with van der Waals surface area (Å²) >= 11 is 0. The summed E-state index contributed by atoms with van der Waals surface area (Å²) in [6.45, 7) is 4.19. The summed E-state index contributed by atoms with van der Waals surface area (Å²) in [5.74, 6) is 0. The number of aliphatic hydroxyl groups excluding tert-OH is 1. The number of hydrogen-bond acceptors (Lipinski definition) is 3. The Hall–Kier alpha value is -0.900. The Morgan fingerprint density at radius 2 is 2.00 bits per heavy atom. The van der Waals surface area contributed by atoms with E-state index in [0.717, 1.165) is 32.7 Å². The van der Waals surface area contributed by atoms with Crippen LogP contribution in [0, 0.1) is 0 Å². The highest BCUT2D eigenvalue weighted by molar-refractivity contribution is 5.13. The van der Waals surface area contributed by atoms with E-state index in [-0.39, 0.29) is 6.10 Å². The first-order valence-corrected chi connectivity index (χ1v) is 5.86. The van der Waals surface area contributed by atoms with Gasteiger partial charge in [-0.25, -0.2) is 0 Å². The van der Waals surface area contributed by atoms with Crippen LogP contribution in [-0.2, 0) is 11.3 Å². The van der Waals surface area contributed by atoms with Gasteiger partial charge in [-0.2, -0.15) is 0 Å². The minimum atomic E-state index is -0.0924. The van der Waals surface area contributed by atoms with E-state index >= 15 is 0 Å². The van der Waals surface area contributed by atoms with Gasteiger partial charge in [0.05, 0.1) is 12.7 Å². The molecule has 3 heteroatoms. The Morgan fingerprint density at radius 1 is 1.25 bits per heavy atom. The molecule has 1 heterocycles. The quantitative estimate of drug-likeness (QED) is 0.734. The molecule has 3 nitrogen and oxygen atoms in total. The third-order valence-electron chi connectivity index (χ3n) is 2.81. The zero-order chi connectivity index (χ0) is 11.2. The number of β-amino-alcohol motifs (C(OH)–C–C–N with tert-alkyl or cyclic N) is 1. The molecule has 0 radical (unpaired) electrons. The van der Waals surface area contributed by atoms with Crippen LogP contribution in [0.15, 0.2) is 30.3 Å². The zero-order valence-corrected chi connectivity index (χ0v) is 9.51. The van der Waals surface area contributed by atoms with Gasteiger partial charge in [0, 0.05) is 26.2 Å². The molecule has 0 aromatic heterocycles. The second-order valence-electron chi connectivity index (χ2n) is 4.31. The largest absolute Gasteiger partial charge is 0.390 e. The molecule has 0 bridgehead atoms. The fourth-order valence-corrected chi connectivity index (χ4v) is 1.88. The molecule has 0 spiro atoms. The lowest BCUT2D eigenvalue weighted by atomic mass is 10.1. The molecular formula is C13H19NO2. The predicted octanol–water partition coefficient (Wildman–Crippen LogP) is 1.27. The van der Waals surface area contributed by atoms with E-state index in [2.05, 4.69) is 17.0 Å². The van der Waals surface area contributed by atoms with Gasteiger partial charge in [0.15, 0.2) is 0 Å². The lowest BCUT2D eigenvalue weighted by Crippen LogP contribution is -2.50. The van der Waals surface area contributed by atoms with E-state index in [0.29, 0.717) is 6.61 Å². The van der Waals surface area contributed by atoms with Crippen LogP contribution in [0.25, 0.3) is 0 Å². The van der Waals surface area contributed by atoms with Crippen LogP contribution >= 0.6 is 0 Å². The number of ether oxygens (including phenoxy) is 1. The molecule has 1 aliphatic rings. The molecule has 0 amide bonds. The second-order valence-corrected chi connectivity index (χ2v) is 4.31. The molecule has 2 rings (SSSR count). The number of hydrogen-bond donors (Lipinski definition) is 1. The molecule has 0 saturated carbocycles. The number of rotatable bonds is 6. The van der Waals surface area contributed by atoms with Crippen molar-refractivity contribution >= 4 is 0 Å². The van der Waals surface area contributed by atoms with Crippen LogP contribution in [-0.4, -0.2) is 42.4 Å². The molecule has 88 valence electrons. The highest BCUT2D eigenvalue weighted by atomic mass is 16.5. The van der Waals surface area contributed by atoms with Crippen LogP contribution in [0.1, 0.15) is 12.0 Å². The van der Waals surface area contributed by atoms with Crippen LogP contribution in [0.2, 0.25) is 0 Å².